The van der Waals surface area contributed by atoms with Crippen LogP contribution in [0.1, 0.15) is 12.5 Å². The summed E-state index contributed by atoms with van der Waals surface area (Å²) in [5, 5.41) is 0. The number of benzene rings is 4. The summed E-state index contributed by atoms with van der Waals surface area (Å²) < 4.78 is 11.8. The van der Waals surface area contributed by atoms with Gasteiger partial charge >= 0.3 is 0 Å². The first-order valence-electron chi connectivity index (χ1n) is 9.91. The van der Waals surface area contributed by atoms with Crippen LogP contribution in [0.25, 0.3) is 11.1 Å². The van der Waals surface area contributed by atoms with Gasteiger partial charge in [0, 0.05) is 11.4 Å². The van der Waals surface area contributed by atoms with Crippen molar-refractivity contribution in [2.45, 2.75) is 13.3 Å². The zero-order chi connectivity index (χ0) is 20.9. The van der Waals surface area contributed by atoms with E-state index in [2.05, 4.69) is 6.92 Å². The smallest absolute Gasteiger partial charge is 0.127 e. The lowest BCUT2D eigenvalue weighted by Gasteiger charge is -2.10. The second-order valence-electron chi connectivity index (χ2n) is 7.04. The van der Waals surface area contributed by atoms with Crippen LogP contribution in [0.4, 0.5) is 11.4 Å². The van der Waals surface area contributed by atoms with Crippen LogP contribution in [0.5, 0.6) is 23.0 Å². The highest BCUT2D eigenvalue weighted by Crippen LogP contribution is 2.30. The van der Waals surface area contributed by atoms with E-state index in [-0.39, 0.29) is 0 Å². The second kappa shape index (κ2) is 8.62. The maximum Gasteiger partial charge on any atom is 0.127 e. The predicted octanol–water partition coefficient (Wildman–Crippen LogP) is 6.67. The van der Waals surface area contributed by atoms with Crippen LogP contribution < -0.4 is 20.9 Å². The van der Waals surface area contributed by atoms with E-state index < -0.39 is 0 Å². The minimum Gasteiger partial charge on any atom is -0.457 e. The van der Waals surface area contributed by atoms with E-state index in [0.29, 0.717) is 5.69 Å². The SMILES string of the molecule is CCc1cc(Oc2ccc(-c3ccc(Oc4ccc(N)cc4)cc3)cc2)ccc1N. The molecule has 0 atom stereocenters. The summed E-state index contributed by atoms with van der Waals surface area (Å²) in [5.74, 6) is 3.11. The first-order valence-corrected chi connectivity index (χ1v) is 9.91. The molecule has 4 heteroatoms. The van der Waals surface area contributed by atoms with Crippen LogP contribution in [-0.2, 0) is 6.42 Å². The summed E-state index contributed by atoms with van der Waals surface area (Å²) in [5.41, 5.74) is 16.5. The molecule has 4 rings (SSSR count). The highest BCUT2D eigenvalue weighted by Gasteiger charge is 2.04. The molecule has 0 saturated carbocycles. The minimum absolute atomic E-state index is 0.715. The van der Waals surface area contributed by atoms with Gasteiger partial charge in [-0.15, -0.1) is 0 Å². The summed E-state index contributed by atoms with van der Waals surface area (Å²) in [6.07, 6.45) is 0.875. The first kappa shape index (κ1) is 19.4. The fourth-order valence-corrected chi connectivity index (χ4v) is 3.19. The maximum atomic E-state index is 5.98. The van der Waals surface area contributed by atoms with Crippen molar-refractivity contribution in [1.29, 1.82) is 0 Å². The lowest BCUT2D eigenvalue weighted by atomic mass is 10.1. The van der Waals surface area contributed by atoms with Gasteiger partial charge in [-0.2, -0.15) is 0 Å². The molecule has 0 heterocycles. The molecule has 4 nitrogen and oxygen atoms in total. The van der Waals surface area contributed by atoms with Crippen molar-refractivity contribution < 1.29 is 9.47 Å². The van der Waals surface area contributed by atoms with Gasteiger partial charge in [0.15, 0.2) is 0 Å². The van der Waals surface area contributed by atoms with Crippen LogP contribution >= 0.6 is 0 Å². The molecule has 4 aromatic carbocycles. The molecular formula is C26H24N2O2. The van der Waals surface area contributed by atoms with Crippen molar-refractivity contribution in [3.05, 3.63) is 96.6 Å². The van der Waals surface area contributed by atoms with Gasteiger partial charge in [-0.1, -0.05) is 31.2 Å². The van der Waals surface area contributed by atoms with Gasteiger partial charge < -0.3 is 20.9 Å². The summed E-state index contributed by atoms with van der Waals surface area (Å²) in [6, 6.07) is 29.1. The maximum absolute atomic E-state index is 5.98. The van der Waals surface area contributed by atoms with E-state index in [1.807, 2.05) is 91.0 Å². The summed E-state index contributed by atoms with van der Waals surface area (Å²) >= 11 is 0. The average molecular weight is 396 g/mol. The zero-order valence-corrected chi connectivity index (χ0v) is 16.8. The van der Waals surface area contributed by atoms with E-state index in [9.17, 15) is 0 Å². The monoisotopic (exact) mass is 396 g/mol. The zero-order valence-electron chi connectivity index (χ0n) is 16.8. The van der Waals surface area contributed by atoms with Crippen molar-refractivity contribution >= 4 is 11.4 Å². The molecular weight excluding hydrogens is 372 g/mol. The topological polar surface area (TPSA) is 70.5 Å². The van der Waals surface area contributed by atoms with Crippen molar-refractivity contribution in [2.24, 2.45) is 0 Å². The number of rotatable bonds is 6. The fourth-order valence-electron chi connectivity index (χ4n) is 3.19. The normalized spacial score (nSPS) is 10.6. The van der Waals surface area contributed by atoms with Crippen LogP contribution in [0.2, 0.25) is 0 Å². The Morgan fingerprint density at radius 1 is 0.567 bits per heavy atom. The third kappa shape index (κ3) is 4.55. The molecule has 0 aliphatic rings. The van der Waals surface area contributed by atoms with Gasteiger partial charge in [-0.05, 0) is 89.8 Å². The lowest BCUT2D eigenvalue weighted by molar-refractivity contribution is 0.482. The molecule has 0 aromatic heterocycles. The first-order chi connectivity index (χ1) is 14.6. The van der Waals surface area contributed by atoms with E-state index in [1.54, 1.807) is 0 Å². The van der Waals surface area contributed by atoms with Crippen LogP contribution in [-0.4, -0.2) is 0 Å². The number of nitrogens with two attached hydrogens (primary N) is 2. The number of hydrogen-bond donors (Lipinski definition) is 2. The minimum atomic E-state index is 0.715. The van der Waals surface area contributed by atoms with Gasteiger partial charge in [0.1, 0.15) is 23.0 Å². The standard InChI is InChI=1S/C26H24N2O2/c1-2-18-17-25(15-16-26(18)28)30-23-11-5-20(6-12-23)19-3-9-22(10-4-19)29-24-13-7-21(27)8-14-24/h3-17H,2,27-28H2,1H3. The molecule has 0 unspecified atom stereocenters. The Morgan fingerprint density at radius 3 is 1.50 bits per heavy atom. The molecule has 0 fully saturated rings. The number of aryl methyl sites for hydroxylation is 1. The number of nitrogen functional groups attached to an aromatic ring is 2. The van der Waals surface area contributed by atoms with Crippen molar-refractivity contribution in [1.82, 2.24) is 0 Å². The van der Waals surface area contributed by atoms with E-state index in [1.165, 1.54) is 0 Å². The Hall–Kier alpha value is -3.92. The van der Waals surface area contributed by atoms with Crippen LogP contribution in [0, 0.1) is 0 Å². The highest BCUT2D eigenvalue weighted by molar-refractivity contribution is 5.65. The Morgan fingerprint density at radius 2 is 1.00 bits per heavy atom. The summed E-state index contributed by atoms with van der Waals surface area (Å²) in [7, 11) is 0. The van der Waals surface area contributed by atoms with Gasteiger partial charge in [0.05, 0.1) is 0 Å². The van der Waals surface area contributed by atoms with Crippen LogP contribution in [0.3, 0.4) is 0 Å². The van der Waals surface area contributed by atoms with E-state index >= 15 is 0 Å². The molecule has 0 radical (unpaired) electrons. The van der Waals surface area contributed by atoms with Crippen molar-refractivity contribution in [3.8, 4) is 34.1 Å². The largest absolute Gasteiger partial charge is 0.457 e. The number of anilines is 2. The van der Waals surface area contributed by atoms with Crippen molar-refractivity contribution in [2.75, 3.05) is 11.5 Å². The molecule has 4 aromatic rings. The van der Waals surface area contributed by atoms with E-state index in [4.69, 9.17) is 20.9 Å². The second-order valence-corrected chi connectivity index (χ2v) is 7.04. The Balaban J connectivity index is 1.44. The van der Waals surface area contributed by atoms with Gasteiger partial charge in [0.2, 0.25) is 0 Å². The number of ether oxygens (including phenoxy) is 2. The fraction of sp³-hybridized carbons (Fsp3) is 0.0769. The van der Waals surface area contributed by atoms with Crippen LogP contribution in [0.15, 0.2) is 91.0 Å². The third-order valence-corrected chi connectivity index (χ3v) is 4.89. The van der Waals surface area contributed by atoms with Gasteiger partial charge in [0.25, 0.3) is 0 Å². The summed E-state index contributed by atoms with van der Waals surface area (Å²) in [4.78, 5) is 0. The molecule has 0 amide bonds. The molecule has 4 N–H and O–H groups in total. The van der Waals surface area contributed by atoms with Gasteiger partial charge in [-0.25, -0.2) is 0 Å². The molecule has 0 spiro atoms. The Labute approximate surface area is 176 Å². The quantitative estimate of drug-likeness (QED) is 0.357. The molecule has 0 aliphatic carbocycles. The third-order valence-electron chi connectivity index (χ3n) is 4.89. The Kier molecular flexibility index (Phi) is 5.57. The van der Waals surface area contributed by atoms with Crippen molar-refractivity contribution in [3.63, 3.8) is 0 Å². The number of hydrogen-bond acceptors (Lipinski definition) is 4. The lowest BCUT2D eigenvalue weighted by Crippen LogP contribution is -1.93. The molecule has 150 valence electrons. The summed E-state index contributed by atoms with van der Waals surface area (Å²) in [6.45, 7) is 2.08. The molecule has 0 saturated heterocycles. The predicted molar refractivity (Wildman–Crippen MR) is 123 cm³/mol. The molecule has 30 heavy (non-hydrogen) atoms. The molecule has 0 aliphatic heterocycles. The van der Waals surface area contributed by atoms with Gasteiger partial charge in [-0.3, -0.25) is 0 Å². The highest BCUT2D eigenvalue weighted by atomic mass is 16.5. The van der Waals surface area contributed by atoms with E-state index in [0.717, 1.165) is 51.8 Å². The Bertz CT molecular complexity index is 1120. The molecule has 0 bridgehead atoms. The average Bonchev–Trinajstić information content (AvgIpc) is 2.78.